The number of rotatable bonds is 7. The van der Waals surface area contributed by atoms with E-state index in [-0.39, 0.29) is 10.5 Å². The summed E-state index contributed by atoms with van der Waals surface area (Å²) in [6.45, 7) is 10.8. The molecule has 2 heterocycles. The molecule has 0 aliphatic heterocycles. The molecule has 7 nitrogen and oxygen atoms in total. The Hall–Kier alpha value is -2.71. The Bertz CT molecular complexity index is 1050. The van der Waals surface area contributed by atoms with Gasteiger partial charge in [-0.25, -0.2) is 22.8 Å². The summed E-state index contributed by atoms with van der Waals surface area (Å²) in [5.41, 5.74) is 0.718. The smallest absolute Gasteiger partial charge is 0.276 e. The van der Waals surface area contributed by atoms with Crippen LogP contribution in [0.1, 0.15) is 33.3 Å². The largest absolute Gasteiger partial charge is 0.296 e. The average Bonchev–Trinajstić information content (AvgIpc) is 2.97. The summed E-state index contributed by atoms with van der Waals surface area (Å²) in [4.78, 5) is 16.8. The molecule has 2 aromatic rings. The van der Waals surface area contributed by atoms with Crippen LogP contribution in [0.15, 0.2) is 70.7 Å². The van der Waals surface area contributed by atoms with Crippen LogP contribution in [0.2, 0.25) is 0 Å². The third kappa shape index (κ3) is 5.40. The molecule has 2 aromatic heterocycles. The molecule has 0 saturated heterocycles. The van der Waals surface area contributed by atoms with E-state index in [0.29, 0.717) is 17.8 Å². The van der Waals surface area contributed by atoms with E-state index >= 15 is 0 Å². The monoisotopic (exact) mass is 402 g/mol. The van der Waals surface area contributed by atoms with Gasteiger partial charge in [-0.05, 0) is 45.4 Å². The van der Waals surface area contributed by atoms with Crippen molar-refractivity contribution < 1.29 is 8.42 Å². The van der Waals surface area contributed by atoms with Crippen molar-refractivity contribution in [3.63, 3.8) is 0 Å². The first kappa shape index (κ1) is 21.6. The lowest BCUT2D eigenvalue weighted by Gasteiger charge is -2.20. The first-order chi connectivity index (χ1) is 13.1. The maximum Gasteiger partial charge on any atom is 0.276 e. The standard InChI is InChI=1S/C20H26N4O3S/c1-6-8-9-15(7-2)12-16-13-22-24(19(16)25)18-11-10-17(14-21-18)28(26,27)23-20(3,4)5/h6-11,13-14,22-23H,1,12H2,2-5H3/b9-8-,15-7+. The van der Waals surface area contributed by atoms with Gasteiger partial charge in [-0.2, -0.15) is 0 Å². The summed E-state index contributed by atoms with van der Waals surface area (Å²) in [6, 6.07) is 2.92. The second-order valence-electron chi connectivity index (χ2n) is 7.28. The van der Waals surface area contributed by atoms with E-state index in [1.165, 1.54) is 23.0 Å². The molecule has 0 saturated carbocycles. The van der Waals surface area contributed by atoms with Gasteiger partial charge in [-0.1, -0.05) is 30.9 Å². The van der Waals surface area contributed by atoms with E-state index in [1.807, 2.05) is 25.2 Å². The summed E-state index contributed by atoms with van der Waals surface area (Å²) in [5.74, 6) is 0.314. The number of hydrogen-bond acceptors (Lipinski definition) is 4. The summed E-state index contributed by atoms with van der Waals surface area (Å²) in [5, 5.41) is 2.88. The van der Waals surface area contributed by atoms with E-state index in [0.717, 1.165) is 5.57 Å². The number of sulfonamides is 1. The number of H-pyrrole nitrogens is 1. The molecule has 28 heavy (non-hydrogen) atoms. The zero-order chi connectivity index (χ0) is 20.9. The van der Waals surface area contributed by atoms with E-state index in [2.05, 4.69) is 21.4 Å². The molecule has 0 amide bonds. The lowest BCUT2D eigenvalue weighted by Crippen LogP contribution is -2.40. The maximum absolute atomic E-state index is 12.7. The van der Waals surface area contributed by atoms with Crippen LogP contribution in [0.5, 0.6) is 0 Å². The number of allylic oxidation sites excluding steroid dienone is 5. The number of nitrogens with one attached hydrogen (secondary N) is 2. The number of aromatic nitrogens is 3. The van der Waals surface area contributed by atoms with Gasteiger partial charge >= 0.3 is 0 Å². The van der Waals surface area contributed by atoms with Gasteiger partial charge in [-0.15, -0.1) is 0 Å². The predicted molar refractivity (Wildman–Crippen MR) is 111 cm³/mol. The minimum Gasteiger partial charge on any atom is -0.296 e. The fourth-order valence-electron chi connectivity index (χ4n) is 2.50. The molecule has 0 aliphatic carbocycles. The zero-order valence-electron chi connectivity index (χ0n) is 16.6. The van der Waals surface area contributed by atoms with Crippen molar-refractivity contribution in [1.82, 2.24) is 19.5 Å². The zero-order valence-corrected chi connectivity index (χ0v) is 17.4. The molecule has 0 radical (unpaired) electrons. The lowest BCUT2D eigenvalue weighted by molar-refractivity contribution is 0.491. The molecule has 2 rings (SSSR count). The Morgan fingerprint density at radius 2 is 2.07 bits per heavy atom. The molecule has 0 aliphatic rings. The minimum atomic E-state index is -3.68. The van der Waals surface area contributed by atoms with Gasteiger partial charge in [0.2, 0.25) is 10.0 Å². The van der Waals surface area contributed by atoms with Gasteiger partial charge in [0.25, 0.3) is 5.56 Å². The van der Waals surface area contributed by atoms with Gasteiger partial charge in [0.15, 0.2) is 5.82 Å². The van der Waals surface area contributed by atoms with Crippen LogP contribution < -0.4 is 10.3 Å². The van der Waals surface area contributed by atoms with Crippen molar-refractivity contribution in [3.8, 4) is 5.82 Å². The normalized spacial score (nSPS) is 13.2. The molecule has 0 bridgehead atoms. The number of hydrogen-bond donors (Lipinski definition) is 2. The highest BCUT2D eigenvalue weighted by Crippen LogP contribution is 2.13. The fourth-order valence-corrected chi connectivity index (χ4v) is 3.86. The Morgan fingerprint density at radius 1 is 1.36 bits per heavy atom. The van der Waals surface area contributed by atoms with Gasteiger partial charge in [-0.3, -0.25) is 9.89 Å². The van der Waals surface area contributed by atoms with Crippen LogP contribution in [-0.2, 0) is 16.4 Å². The quantitative estimate of drug-likeness (QED) is 0.696. The summed E-state index contributed by atoms with van der Waals surface area (Å²) in [7, 11) is -3.68. The van der Waals surface area contributed by atoms with Crippen molar-refractivity contribution in [2.75, 3.05) is 0 Å². The van der Waals surface area contributed by atoms with E-state index in [1.54, 1.807) is 33.0 Å². The molecular formula is C20H26N4O3S. The summed E-state index contributed by atoms with van der Waals surface area (Å²) < 4.78 is 28.6. The van der Waals surface area contributed by atoms with Crippen molar-refractivity contribution in [3.05, 3.63) is 76.9 Å². The van der Waals surface area contributed by atoms with Crippen molar-refractivity contribution in [2.24, 2.45) is 0 Å². The predicted octanol–water partition coefficient (Wildman–Crippen LogP) is 2.87. The second-order valence-corrected chi connectivity index (χ2v) is 8.96. The highest BCUT2D eigenvalue weighted by Gasteiger charge is 2.22. The third-order valence-corrected chi connectivity index (χ3v) is 5.50. The summed E-state index contributed by atoms with van der Waals surface area (Å²) >= 11 is 0. The topological polar surface area (TPSA) is 96.8 Å². The molecule has 0 unspecified atom stereocenters. The first-order valence-corrected chi connectivity index (χ1v) is 10.3. The van der Waals surface area contributed by atoms with Crippen LogP contribution in [0.4, 0.5) is 0 Å². The molecule has 0 spiro atoms. The van der Waals surface area contributed by atoms with Gasteiger partial charge in [0.05, 0.1) is 0 Å². The van der Waals surface area contributed by atoms with Gasteiger partial charge < -0.3 is 0 Å². The van der Waals surface area contributed by atoms with Gasteiger partial charge in [0.1, 0.15) is 4.90 Å². The summed E-state index contributed by atoms with van der Waals surface area (Å²) in [6.07, 6.45) is 10.6. The number of aromatic amines is 1. The third-order valence-electron chi connectivity index (χ3n) is 3.76. The molecule has 0 atom stereocenters. The molecule has 150 valence electrons. The molecule has 8 heteroatoms. The Morgan fingerprint density at radius 3 is 2.61 bits per heavy atom. The van der Waals surface area contributed by atoms with Crippen molar-refractivity contribution in [1.29, 1.82) is 0 Å². The van der Waals surface area contributed by atoms with Crippen LogP contribution in [-0.4, -0.2) is 28.7 Å². The Balaban J connectivity index is 2.28. The van der Waals surface area contributed by atoms with Crippen LogP contribution >= 0.6 is 0 Å². The highest BCUT2D eigenvalue weighted by atomic mass is 32.2. The lowest BCUT2D eigenvalue weighted by atomic mass is 10.1. The SMILES string of the molecule is C=C/C=C\C(=C/C)Cc1c[nH]n(-c2ccc(S(=O)(=O)NC(C)(C)C)cn2)c1=O. The van der Waals surface area contributed by atoms with E-state index in [9.17, 15) is 13.2 Å². The molecular weight excluding hydrogens is 376 g/mol. The number of pyridine rings is 1. The highest BCUT2D eigenvalue weighted by molar-refractivity contribution is 7.89. The van der Waals surface area contributed by atoms with Gasteiger partial charge in [0, 0.05) is 29.9 Å². The second kappa shape index (κ2) is 8.53. The minimum absolute atomic E-state index is 0.0387. The molecule has 2 N–H and O–H groups in total. The maximum atomic E-state index is 12.7. The first-order valence-electron chi connectivity index (χ1n) is 8.81. The van der Waals surface area contributed by atoms with Crippen LogP contribution in [0.25, 0.3) is 5.82 Å². The average molecular weight is 403 g/mol. The van der Waals surface area contributed by atoms with E-state index in [4.69, 9.17) is 0 Å². The van der Waals surface area contributed by atoms with Crippen LogP contribution in [0, 0.1) is 0 Å². The molecule has 0 fully saturated rings. The van der Waals surface area contributed by atoms with E-state index < -0.39 is 15.6 Å². The number of nitrogens with zero attached hydrogens (tertiary/aromatic N) is 2. The van der Waals surface area contributed by atoms with Crippen molar-refractivity contribution >= 4 is 10.0 Å². The van der Waals surface area contributed by atoms with Crippen LogP contribution in [0.3, 0.4) is 0 Å². The Kier molecular flexibility index (Phi) is 6.58. The molecule has 0 aromatic carbocycles. The van der Waals surface area contributed by atoms with Crippen molar-refractivity contribution in [2.45, 2.75) is 44.6 Å². The Labute approximate surface area is 165 Å². The fraction of sp³-hybridized carbons (Fsp3) is 0.300.